The Balaban J connectivity index is 1.36. The van der Waals surface area contributed by atoms with Crippen molar-refractivity contribution in [3.63, 3.8) is 0 Å². The lowest BCUT2D eigenvalue weighted by Gasteiger charge is -2.56. The van der Waals surface area contributed by atoms with Gasteiger partial charge in [0.2, 0.25) is 11.8 Å². The number of hydrogen-bond acceptors (Lipinski definition) is 5. The summed E-state index contributed by atoms with van der Waals surface area (Å²) in [4.78, 5) is 37.3. The van der Waals surface area contributed by atoms with E-state index < -0.39 is 0 Å². The molecule has 4 fully saturated rings. The highest BCUT2D eigenvalue weighted by atomic mass is 16.5. The molecular formula is C22H33N5O3. The van der Waals surface area contributed by atoms with Crippen LogP contribution in [0, 0.1) is 11.8 Å². The van der Waals surface area contributed by atoms with Crippen LogP contribution in [0.25, 0.3) is 0 Å². The van der Waals surface area contributed by atoms with E-state index in [1.54, 1.807) is 0 Å². The minimum atomic E-state index is -0.298. The van der Waals surface area contributed by atoms with Crippen molar-refractivity contribution in [2.24, 2.45) is 11.8 Å². The van der Waals surface area contributed by atoms with Crippen molar-refractivity contribution in [3.8, 4) is 0 Å². The zero-order chi connectivity index (χ0) is 20.5. The van der Waals surface area contributed by atoms with Gasteiger partial charge in [0, 0.05) is 76.6 Å². The molecular weight excluding hydrogens is 382 g/mol. The first-order chi connectivity index (χ1) is 14.7. The van der Waals surface area contributed by atoms with Crippen LogP contribution in [-0.2, 0) is 20.9 Å². The van der Waals surface area contributed by atoms with Crippen molar-refractivity contribution in [1.82, 2.24) is 24.3 Å². The van der Waals surface area contributed by atoms with Crippen LogP contribution in [-0.4, -0.2) is 94.1 Å². The minimum Gasteiger partial charge on any atom is -0.380 e. The fraction of sp³-hybridized carbons (Fsp3) is 0.773. The van der Waals surface area contributed by atoms with Crippen LogP contribution in [0.1, 0.15) is 32.1 Å². The number of hydrogen-bond donors (Lipinski definition) is 0. The first kappa shape index (κ1) is 20.0. The van der Waals surface area contributed by atoms with E-state index in [-0.39, 0.29) is 29.8 Å². The van der Waals surface area contributed by atoms with Crippen LogP contribution >= 0.6 is 0 Å². The van der Waals surface area contributed by atoms with Gasteiger partial charge in [-0.15, -0.1) is 0 Å². The van der Waals surface area contributed by atoms with Gasteiger partial charge in [-0.25, -0.2) is 4.98 Å². The topological polar surface area (TPSA) is 70.9 Å². The number of rotatable bonds is 4. The predicted octanol–water partition coefficient (Wildman–Crippen LogP) is 0.833. The van der Waals surface area contributed by atoms with Gasteiger partial charge in [-0.2, -0.15) is 0 Å². The Labute approximate surface area is 178 Å². The highest BCUT2D eigenvalue weighted by Gasteiger charge is 2.52. The average Bonchev–Trinajstić information content (AvgIpc) is 3.13. The number of carbonyl (C=O) groups is 2. The Morgan fingerprint density at radius 1 is 1.13 bits per heavy atom. The summed E-state index contributed by atoms with van der Waals surface area (Å²) in [7, 11) is 0. The second-order valence-corrected chi connectivity index (χ2v) is 9.31. The lowest BCUT2D eigenvalue weighted by Crippen LogP contribution is -2.68. The second kappa shape index (κ2) is 8.67. The maximum Gasteiger partial charge on any atom is 0.245 e. The van der Waals surface area contributed by atoms with E-state index in [9.17, 15) is 9.59 Å². The summed E-state index contributed by atoms with van der Waals surface area (Å²) in [5.74, 6) is 1.05. The van der Waals surface area contributed by atoms with Gasteiger partial charge in [0.15, 0.2) is 0 Å². The van der Waals surface area contributed by atoms with Gasteiger partial charge in [0.1, 0.15) is 6.04 Å². The summed E-state index contributed by atoms with van der Waals surface area (Å²) in [6.07, 6.45) is 10.2. The van der Waals surface area contributed by atoms with Crippen LogP contribution in [0.15, 0.2) is 18.7 Å². The Bertz CT molecular complexity index is 746. The summed E-state index contributed by atoms with van der Waals surface area (Å²) >= 11 is 0. The number of ether oxygens (including phenoxy) is 1. The molecule has 5 heterocycles. The Morgan fingerprint density at radius 2 is 2.03 bits per heavy atom. The van der Waals surface area contributed by atoms with Crippen molar-refractivity contribution in [1.29, 1.82) is 0 Å². The minimum absolute atomic E-state index is 0.153. The molecule has 4 aliphatic heterocycles. The van der Waals surface area contributed by atoms with Crippen molar-refractivity contribution in [2.75, 3.05) is 45.9 Å². The van der Waals surface area contributed by atoms with Crippen LogP contribution in [0.5, 0.6) is 0 Å². The Kier molecular flexibility index (Phi) is 5.78. The van der Waals surface area contributed by atoms with E-state index >= 15 is 0 Å². The van der Waals surface area contributed by atoms with Crippen LogP contribution in [0.4, 0.5) is 0 Å². The summed E-state index contributed by atoms with van der Waals surface area (Å²) in [6, 6.07) is -0.0797. The van der Waals surface area contributed by atoms with Gasteiger partial charge in [-0.3, -0.25) is 9.59 Å². The molecule has 0 N–H and O–H groups in total. The average molecular weight is 416 g/mol. The number of amides is 2. The van der Waals surface area contributed by atoms with Crippen molar-refractivity contribution in [2.45, 2.75) is 50.7 Å². The molecule has 2 amide bonds. The van der Waals surface area contributed by atoms with Crippen molar-refractivity contribution in [3.05, 3.63) is 18.7 Å². The van der Waals surface area contributed by atoms with Crippen LogP contribution in [0.2, 0.25) is 0 Å². The third-order valence-corrected chi connectivity index (χ3v) is 7.44. The molecule has 5 rings (SSSR count). The van der Waals surface area contributed by atoms with E-state index in [2.05, 4.69) is 14.5 Å². The molecule has 164 valence electrons. The molecule has 4 saturated heterocycles. The van der Waals surface area contributed by atoms with E-state index in [1.807, 2.05) is 28.5 Å². The number of fused-ring (bicyclic) bond motifs is 4. The first-order valence-corrected chi connectivity index (χ1v) is 11.6. The Hall–Kier alpha value is -1.93. The third-order valence-electron chi connectivity index (χ3n) is 7.44. The molecule has 8 nitrogen and oxygen atoms in total. The molecule has 1 aromatic rings. The van der Waals surface area contributed by atoms with Crippen LogP contribution < -0.4 is 0 Å². The molecule has 4 atom stereocenters. The number of aromatic nitrogens is 2. The fourth-order valence-corrected chi connectivity index (χ4v) is 6.08. The molecule has 30 heavy (non-hydrogen) atoms. The molecule has 4 aliphatic rings. The molecule has 8 heteroatoms. The zero-order valence-electron chi connectivity index (χ0n) is 17.7. The maximum atomic E-state index is 13.7. The monoisotopic (exact) mass is 415 g/mol. The van der Waals surface area contributed by atoms with Gasteiger partial charge in [0.05, 0.1) is 12.9 Å². The van der Waals surface area contributed by atoms with Crippen molar-refractivity contribution >= 4 is 11.8 Å². The van der Waals surface area contributed by atoms with Gasteiger partial charge in [-0.05, 0) is 31.6 Å². The third kappa shape index (κ3) is 3.87. The molecule has 0 spiro atoms. The highest BCUT2D eigenvalue weighted by Crippen LogP contribution is 2.42. The first-order valence-electron chi connectivity index (χ1n) is 11.6. The summed E-state index contributed by atoms with van der Waals surface area (Å²) in [5, 5.41) is 0. The summed E-state index contributed by atoms with van der Waals surface area (Å²) in [5.41, 5.74) is 0. The molecule has 0 radical (unpaired) electrons. The van der Waals surface area contributed by atoms with E-state index in [1.165, 1.54) is 0 Å². The van der Waals surface area contributed by atoms with Crippen molar-refractivity contribution < 1.29 is 14.3 Å². The largest absolute Gasteiger partial charge is 0.380 e. The van der Waals surface area contributed by atoms with E-state index in [4.69, 9.17) is 4.74 Å². The van der Waals surface area contributed by atoms with Gasteiger partial charge in [-0.1, -0.05) is 0 Å². The van der Waals surface area contributed by atoms with Gasteiger partial charge < -0.3 is 24.0 Å². The van der Waals surface area contributed by atoms with E-state index in [0.717, 1.165) is 58.4 Å². The van der Waals surface area contributed by atoms with Gasteiger partial charge >= 0.3 is 0 Å². The SMILES string of the molecule is O=C([C@H]1[C@H]2C[C@H](CN(CCn3ccnc3)C2)[C@@H]2CCCC(=O)N21)N1CCCOCC1. The Morgan fingerprint density at radius 3 is 2.90 bits per heavy atom. The number of piperidine rings is 3. The fourth-order valence-electron chi connectivity index (χ4n) is 6.08. The zero-order valence-corrected chi connectivity index (χ0v) is 17.7. The molecule has 0 saturated carbocycles. The summed E-state index contributed by atoms with van der Waals surface area (Å²) in [6.45, 7) is 6.48. The molecule has 0 aliphatic carbocycles. The molecule has 1 aromatic heterocycles. The van der Waals surface area contributed by atoms with E-state index in [0.29, 0.717) is 32.1 Å². The maximum absolute atomic E-state index is 13.7. The summed E-state index contributed by atoms with van der Waals surface area (Å²) < 4.78 is 7.68. The molecule has 0 aromatic carbocycles. The number of carbonyl (C=O) groups excluding carboxylic acids is 2. The van der Waals surface area contributed by atoms with Crippen LogP contribution in [0.3, 0.4) is 0 Å². The second-order valence-electron chi connectivity index (χ2n) is 9.31. The molecule has 0 unspecified atom stereocenters. The predicted molar refractivity (Wildman–Crippen MR) is 111 cm³/mol. The highest BCUT2D eigenvalue weighted by molar-refractivity contribution is 5.89. The molecule has 2 bridgehead atoms. The quantitative estimate of drug-likeness (QED) is 0.729. The normalized spacial score (nSPS) is 32.6. The number of imidazole rings is 1. The standard InChI is InChI=1S/C22H33N5O3/c28-20-4-1-3-19-17-13-18(15-25(14-17)9-8-24-7-5-23-16-24)21(27(19)20)22(29)26-6-2-11-30-12-10-26/h5,7,16-19,21H,1-4,6,8-15H2/t17-,18+,19+,21-/m1/s1. The number of likely N-dealkylation sites (tertiary alicyclic amines) is 1. The smallest absolute Gasteiger partial charge is 0.245 e. The van der Waals surface area contributed by atoms with Gasteiger partial charge in [0.25, 0.3) is 0 Å². The lowest BCUT2D eigenvalue weighted by molar-refractivity contribution is -0.165. The lowest BCUT2D eigenvalue weighted by atomic mass is 9.71. The number of nitrogens with zero attached hydrogens (tertiary/aromatic N) is 5.